The van der Waals surface area contributed by atoms with E-state index in [1.54, 1.807) is 18.2 Å². The molecule has 4 rings (SSSR count). The van der Waals surface area contributed by atoms with Gasteiger partial charge in [-0.05, 0) is 43.2 Å². The second-order valence-electron chi connectivity index (χ2n) is 7.25. The number of rotatable bonds is 6. The Labute approximate surface area is 178 Å². The standard InChI is InChI=1S/C21H22FN3O3S2/c22-16-8-9-18-20(13-16)29-21(24-18)23-14-19(26)15-6-5-7-17(12-15)30(27,28)25-10-3-1-2-4-11-25/h5-9,12-13H,1-4,10-11,14H2,(H,23,24). The number of benzene rings is 2. The zero-order valence-corrected chi connectivity index (χ0v) is 17.9. The first kappa shape index (κ1) is 20.9. The molecule has 2 aromatic carbocycles. The summed E-state index contributed by atoms with van der Waals surface area (Å²) in [5.41, 5.74) is 0.979. The number of aromatic nitrogens is 1. The van der Waals surface area contributed by atoms with Crippen molar-refractivity contribution in [1.29, 1.82) is 0 Å². The van der Waals surface area contributed by atoms with Crippen LogP contribution < -0.4 is 5.32 Å². The number of anilines is 1. The topological polar surface area (TPSA) is 79.4 Å². The Balaban J connectivity index is 1.47. The van der Waals surface area contributed by atoms with Crippen molar-refractivity contribution in [3.8, 4) is 0 Å². The highest BCUT2D eigenvalue weighted by atomic mass is 32.2. The van der Waals surface area contributed by atoms with Crippen molar-refractivity contribution < 1.29 is 17.6 Å². The van der Waals surface area contributed by atoms with Crippen LogP contribution in [0.15, 0.2) is 47.4 Å². The number of nitrogens with zero attached hydrogens (tertiary/aromatic N) is 2. The molecule has 0 aliphatic carbocycles. The third-order valence-corrected chi connectivity index (χ3v) is 7.98. The molecule has 1 N–H and O–H groups in total. The second-order valence-corrected chi connectivity index (χ2v) is 10.2. The summed E-state index contributed by atoms with van der Waals surface area (Å²) in [6.07, 6.45) is 3.78. The Kier molecular flexibility index (Phi) is 6.12. The number of nitrogens with one attached hydrogen (secondary N) is 1. The van der Waals surface area contributed by atoms with Gasteiger partial charge in [-0.25, -0.2) is 17.8 Å². The van der Waals surface area contributed by atoms with Crippen LogP contribution in [0.1, 0.15) is 36.0 Å². The molecule has 0 bridgehead atoms. The van der Waals surface area contributed by atoms with E-state index in [1.807, 2.05) is 0 Å². The number of Topliss-reactive ketones (excluding diaryl/α,β-unsaturated/α-hetero) is 1. The van der Waals surface area contributed by atoms with E-state index in [1.165, 1.54) is 39.9 Å². The summed E-state index contributed by atoms with van der Waals surface area (Å²) in [6.45, 7) is 0.996. The molecule has 0 saturated carbocycles. The lowest BCUT2D eigenvalue weighted by molar-refractivity contribution is 0.101. The molecule has 0 atom stereocenters. The van der Waals surface area contributed by atoms with Crippen LogP contribution in [-0.2, 0) is 10.0 Å². The van der Waals surface area contributed by atoms with Gasteiger partial charge < -0.3 is 5.32 Å². The largest absolute Gasteiger partial charge is 0.354 e. The molecule has 9 heteroatoms. The minimum Gasteiger partial charge on any atom is -0.354 e. The van der Waals surface area contributed by atoms with Crippen LogP contribution in [0, 0.1) is 5.82 Å². The van der Waals surface area contributed by atoms with Crippen molar-refractivity contribution in [1.82, 2.24) is 9.29 Å². The number of halogens is 1. The zero-order chi connectivity index (χ0) is 21.1. The molecule has 0 amide bonds. The van der Waals surface area contributed by atoms with Crippen LogP contribution in [0.2, 0.25) is 0 Å². The number of sulfonamides is 1. The molecule has 2 heterocycles. The summed E-state index contributed by atoms with van der Waals surface area (Å²) in [7, 11) is -3.62. The van der Waals surface area contributed by atoms with E-state index in [2.05, 4.69) is 10.3 Å². The molecule has 1 aromatic heterocycles. The Morgan fingerprint density at radius 3 is 2.63 bits per heavy atom. The Morgan fingerprint density at radius 1 is 1.10 bits per heavy atom. The number of carbonyl (C=O) groups is 1. The van der Waals surface area contributed by atoms with Crippen molar-refractivity contribution in [3.05, 3.63) is 53.8 Å². The number of thiazole rings is 1. The summed E-state index contributed by atoms with van der Waals surface area (Å²) in [4.78, 5) is 17.1. The van der Waals surface area contributed by atoms with Gasteiger partial charge >= 0.3 is 0 Å². The van der Waals surface area contributed by atoms with Crippen molar-refractivity contribution in [2.75, 3.05) is 25.0 Å². The lowest BCUT2D eigenvalue weighted by Crippen LogP contribution is -2.32. The van der Waals surface area contributed by atoms with Gasteiger partial charge in [-0.2, -0.15) is 4.31 Å². The van der Waals surface area contributed by atoms with Crippen LogP contribution in [0.3, 0.4) is 0 Å². The Bertz CT molecular complexity index is 1170. The van der Waals surface area contributed by atoms with Crippen LogP contribution >= 0.6 is 11.3 Å². The van der Waals surface area contributed by atoms with Gasteiger partial charge in [0.2, 0.25) is 10.0 Å². The Morgan fingerprint density at radius 2 is 1.87 bits per heavy atom. The van der Waals surface area contributed by atoms with E-state index in [-0.39, 0.29) is 23.0 Å². The van der Waals surface area contributed by atoms with Gasteiger partial charge in [0.1, 0.15) is 5.82 Å². The lowest BCUT2D eigenvalue weighted by Gasteiger charge is -2.20. The summed E-state index contributed by atoms with van der Waals surface area (Å²) >= 11 is 1.26. The maximum atomic E-state index is 13.3. The number of fused-ring (bicyclic) bond motifs is 1. The van der Waals surface area contributed by atoms with E-state index in [0.717, 1.165) is 25.7 Å². The van der Waals surface area contributed by atoms with Crippen LogP contribution in [0.5, 0.6) is 0 Å². The number of ketones is 1. The molecule has 158 valence electrons. The van der Waals surface area contributed by atoms with Gasteiger partial charge in [-0.1, -0.05) is 36.3 Å². The van der Waals surface area contributed by atoms with Crippen LogP contribution in [0.25, 0.3) is 10.2 Å². The fourth-order valence-electron chi connectivity index (χ4n) is 3.49. The smallest absolute Gasteiger partial charge is 0.243 e. The molecule has 0 spiro atoms. The minimum atomic E-state index is -3.62. The second kappa shape index (κ2) is 8.79. The summed E-state index contributed by atoms with van der Waals surface area (Å²) < 4.78 is 41.5. The molecular formula is C21H22FN3O3S2. The fraction of sp³-hybridized carbons (Fsp3) is 0.333. The van der Waals surface area contributed by atoms with Crippen molar-refractivity contribution >= 4 is 42.5 Å². The zero-order valence-electron chi connectivity index (χ0n) is 16.3. The predicted octanol–water partition coefficient (Wildman–Crippen LogP) is 4.29. The number of carbonyl (C=O) groups excluding carboxylic acids is 1. The molecule has 30 heavy (non-hydrogen) atoms. The molecule has 0 unspecified atom stereocenters. The third-order valence-electron chi connectivity index (χ3n) is 5.11. The van der Waals surface area contributed by atoms with Crippen molar-refractivity contribution in [3.63, 3.8) is 0 Å². The molecule has 3 aromatic rings. The van der Waals surface area contributed by atoms with E-state index >= 15 is 0 Å². The number of hydrogen-bond donors (Lipinski definition) is 1. The van der Waals surface area contributed by atoms with Crippen molar-refractivity contribution in [2.45, 2.75) is 30.6 Å². The molecule has 1 fully saturated rings. The Hall–Kier alpha value is -2.36. The maximum absolute atomic E-state index is 13.3. The van der Waals surface area contributed by atoms with Crippen molar-refractivity contribution in [2.24, 2.45) is 0 Å². The molecule has 0 radical (unpaired) electrons. The maximum Gasteiger partial charge on any atom is 0.243 e. The highest BCUT2D eigenvalue weighted by Gasteiger charge is 2.25. The predicted molar refractivity (Wildman–Crippen MR) is 116 cm³/mol. The van der Waals surface area contributed by atoms with E-state index in [9.17, 15) is 17.6 Å². The average Bonchev–Trinajstić information content (AvgIpc) is 2.94. The minimum absolute atomic E-state index is 0.0322. The first-order valence-electron chi connectivity index (χ1n) is 9.87. The monoisotopic (exact) mass is 447 g/mol. The molecule has 1 saturated heterocycles. The summed E-state index contributed by atoms with van der Waals surface area (Å²) in [6, 6.07) is 10.5. The lowest BCUT2D eigenvalue weighted by atomic mass is 10.1. The summed E-state index contributed by atoms with van der Waals surface area (Å²) in [5, 5.41) is 3.47. The highest BCUT2D eigenvalue weighted by molar-refractivity contribution is 7.89. The van der Waals surface area contributed by atoms with Gasteiger partial charge in [0.25, 0.3) is 0 Å². The van der Waals surface area contributed by atoms with Gasteiger partial charge in [0.05, 0.1) is 21.7 Å². The highest BCUT2D eigenvalue weighted by Crippen LogP contribution is 2.26. The van der Waals surface area contributed by atoms with E-state index < -0.39 is 10.0 Å². The SMILES string of the molecule is O=C(CNc1nc2ccc(F)cc2s1)c1cccc(S(=O)(=O)N2CCCCCC2)c1. The summed E-state index contributed by atoms with van der Waals surface area (Å²) in [5.74, 6) is -0.579. The molecule has 1 aliphatic heterocycles. The molecule has 6 nitrogen and oxygen atoms in total. The normalized spacial score (nSPS) is 15.8. The van der Waals surface area contributed by atoms with Gasteiger partial charge in [-0.15, -0.1) is 0 Å². The third kappa shape index (κ3) is 4.53. The fourth-order valence-corrected chi connectivity index (χ4v) is 5.94. The quantitative estimate of drug-likeness (QED) is 0.570. The van der Waals surface area contributed by atoms with E-state index in [4.69, 9.17) is 0 Å². The van der Waals surface area contributed by atoms with Crippen LogP contribution in [0.4, 0.5) is 9.52 Å². The van der Waals surface area contributed by atoms with Gasteiger partial charge in [0, 0.05) is 18.7 Å². The molecule has 1 aliphatic rings. The van der Waals surface area contributed by atoms with E-state index in [0.29, 0.717) is 34.0 Å². The van der Waals surface area contributed by atoms with Gasteiger partial charge in [-0.3, -0.25) is 4.79 Å². The average molecular weight is 448 g/mol. The first-order chi connectivity index (χ1) is 14.4. The number of hydrogen-bond acceptors (Lipinski definition) is 6. The van der Waals surface area contributed by atoms with Gasteiger partial charge in [0.15, 0.2) is 10.9 Å². The van der Waals surface area contributed by atoms with Crippen LogP contribution in [-0.4, -0.2) is 43.1 Å². The molecular weight excluding hydrogens is 425 g/mol. The first-order valence-corrected chi connectivity index (χ1v) is 12.1.